The molecule has 1 unspecified atom stereocenters. The average molecular weight is 337 g/mol. The van der Waals surface area contributed by atoms with Crippen LogP contribution in [0.2, 0.25) is 0 Å². The lowest BCUT2D eigenvalue weighted by Gasteiger charge is -2.32. The Morgan fingerprint density at radius 1 is 1.56 bits per heavy atom. The van der Waals surface area contributed by atoms with E-state index in [1.54, 1.807) is 29.6 Å². The van der Waals surface area contributed by atoms with Gasteiger partial charge in [0.05, 0.1) is 31.4 Å². The van der Waals surface area contributed by atoms with Gasteiger partial charge in [0.2, 0.25) is 5.91 Å². The number of carbonyl (C=O) groups excluding carboxylic acids is 1. The van der Waals surface area contributed by atoms with Crippen LogP contribution in [0.15, 0.2) is 42.9 Å². The summed E-state index contributed by atoms with van der Waals surface area (Å²) in [5.41, 5.74) is 1.55. The number of imidazole rings is 1. The molecule has 1 atom stereocenters. The topological polar surface area (TPSA) is 67.5 Å². The maximum absolute atomic E-state index is 12.3. The first kappa shape index (κ1) is 16.8. The van der Waals surface area contributed by atoms with Gasteiger partial charge in [-0.2, -0.15) is 0 Å². The third-order valence-electron chi connectivity index (χ3n) is 3.81. The van der Waals surface area contributed by atoms with Gasteiger partial charge in [0, 0.05) is 18.2 Å². The molecule has 1 fully saturated rings. The van der Waals surface area contributed by atoms with Gasteiger partial charge in [-0.3, -0.25) is 4.79 Å². The Bertz CT molecular complexity index is 777. The fraction of sp³-hybridized carbons (Fsp3) is 0.263. The molecule has 6 heteroatoms. The predicted molar refractivity (Wildman–Crippen MR) is 93.8 cm³/mol. The smallest absolute Gasteiger partial charge is 0.246 e. The first-order valence-corrected chi connectivity index (χ1v) is 8.01. The maximum Gasteiger partial charge on any atom is 0.246 e. The van der Waals surface area contributed by atoms with Crippen LogP contribution in [0.5, 0.6) is 5.75 Å². The number of rotatable bonds is 5. The zero-order chi connectivity index (χ0) is 17.5. The molecule has 1 N–H and O–H groups in total. The van der Waals surface area contributed by atoms with Crippen molar-refractivity contribution >= 4 is 12.0 Å². The van der Waals surface area contributed by atoms with Crippen molar-refractivity contribution in [3.63, 3.8) is 0 Å². The summed E-state index contributed by atoms with van der Waals surface area (Å²) < 4.78 is 11.4. The molecule has 0 aliphatic carbocycles. The largest absolute Gasteiger partial charge is 0.491 e. The summed E-state index contributed by atoms with van der Waals surface area (Å²) in [6.45, 7) is 1.90. The van der Waals surface area contributed by atoms with E-state index in [0.717, 1.165) is 11.3 Å². The molecule has 1 aliphatic heterocycles. The lowest BCUT2D eigenvalue weighted by molar-refractivity contribution is -0.134. The maximum atomic E-state index is 12.3. The van der Waals surface area contributed by atoms with Crippen molar-refractivity contribution in [2.45, 2.75) is 6.10 Å². The molecular weight excluding hydrogens is 318 g/mol. The minimum Gasteiger partial charge on any atom is -0.491 e. The number of aromatic amines is 1. The molecule has 1 aliphatic rings. The number of hydrogen-bond acceptors (Lipinski definition) is 4. The average Bonchev–Trinajstić information content (AvgIpc) is 3.18. The quantitative estimate of drug-likeness (QED) is 0.666. The molecule has 0 radical (unpaired) electrons. The van der Waals surface area contributed by atoms with Crippen LogP contribution in [0.4, 0.5) is 0 Å². The zero-order valence-corrected chi connectivity index (χ0v) is 13.7. The number of aromatic nitrogens is 2. The van der Waals surface area contributed by atoms with E-state index < -0.39 is 0 Å². The lowest BCUT2D eigenvalue weighted by atomic mass is 10.2. The number of ether oxygens (including phenoxy) is 2. The van der Waals surface area contributed by atoms with Crippen LogP contribution in [0.1, 0.15) is 11.3 Å². The molecule has 2 aromatic rings. The number of H-pyrrole nitrogens is 1. The molecule has 128 valence electrons. The Morgan fingerprint density at radius 2 is 2.48 bits per heavy atom. The monoisotopic (exact) mass is 337 g/mol. The molecule has 2 heterocycles. The van der Waals surface area contributed by atoms with Gasteiger partial charge in [0.1, 0.15) is 18.5 Å². The summed E-state index contributed by atoms with van der Waals surface area (Å²) in [5.74, 6) is 3.21. The highest BCUT2D eigenvalue weighted by molar-refractivity contribution is 5.91. The Labute approximate surface area is 146 Å². The van der Waals surface area contributed by atoms with Crippen molar-refractivity contribution in [3.8, 4) is 18.1 Å². The van der Waals surface area contributed by atoms with Crippen LogP contribution in [0, 0.1) is 12.3 Å². The second-order valence-corrected chi connectivity index (χ2v) is 5.60. The highest BCUT2D eigenvalue weighted by atomic mass is 16.5. The van der Waals surface area contributed by atoms with Crippen LogP contribution >= 0.6 is 0 Å². The van der Waals surface area contributed by atoms with Gasteiger partial charge in [-0.05, 0) is 24.3 Å². The van der Waals surface area contributed by atoms with Crippen molar-refractivity contribution in [3.05, 3.63) is 54.1 Å². The number of nitrogens with zero attached hydrogens (tertiary/aromatic N) is 2. The zero-order valence-electron chi connectivity index (χ0n) is 13.7. The van der Waals surface area contributed by atoms with Gasteiger partial charge in [-0.25, -0.2) is 4.98 Å². The second-order valence-electron chi connectivity index (χ2n) is 5.60. The molecule has 3 rings (SSSR count). The number of amides is 1. The minimum absolute atomic E-state index is 0.0581. The van der Waals surface area contributed by atoms with Crippen LogP contribution in [0.25, 0.3) is 6.08 Å². The van der Waals surface area contributed by atoms with E-state index in [1.807, 2.05) is 18.2 Å². The highest BCUT2D eigenvalue weighted by Crippen LogP contribution is 2.14. The molecule has 1 amide bonds. The van der Waals surface area contributed by atoms with Crippen molar-refractivity contribution in [1.82, 2.24) is 14.9 Å². The van der Waals surface area contributed by atoms with Crippen molar-refractivity contribution < 1.29 is 14.3 Å². The fourth-order valence-electron chi connectivity index (χ4n) is 2.51. The summed E-state index contributed by atoms with van der Waals surface area (Å²) in [4.78, 5) is 20.9. The summed E-state index contributed by atoms with van der Waals surface area (Å²) in [6, 6.07) is 7.34. The Hall–Kier alpha value is -3.04. The lowest BCUT2D eigenvalue weighted by Crippen LogP contribution is -2.47. The Balaban J connectivity index is 1.52. The summed E-state index contributed by atoms with van der Waals surface area (Å²) in [7, 11) is 0. The fourth-order valence-corrected chi connectivity index (χ4v) is 2.51. The SMILES string of the molecule is C#Cc1cccc(OCC2CN(C(=O)/C=C/c3cnc[nH]3)CCO2)c1. The van der Waals surface area contributed by atoms with Crippen molar-refractivity contribution in [1.29, 1.82) is 0 Å². The van der Waals surface area contributed by atoms with Crippen LogP contribution < -0.4 is 4.74 Å². The molecule has 1 aromatic heterocycles. The second kappa shape index (κ2) is 8.18. The Morgan fingerprint density at radius 3 is 3.28 bits per heavy atom. The van der Waals surface area contributed by atoms with E-state index in [2.05, 4.69) is 15.9 Å². The molecule has 0 bridgehead atoms. The van der Waals surface area contributed by atoms with Gasteiger partial charge in [0.15, 0.2) is 0 Å². The van der Waals surface area contributed by atoms with Gasteiger partial charge < -0.3 is 19.4 Å². The van der Waals surface area contributed by atoms with Crippen LogP contribution in [0.3, 0.4) is 0 Å². The van der Waals surface area contributed by atoms with Gasteiger partial charge in [-0.15, -0.1) is 6.42 Å². The van der Waals surface area contributed by atoms with E-state index in [1.165, 1.54) is 6.08 Å². The standard InChI is InChI=1S/C19H19N3O3/c1-2-15-4-3-5-17(10-15)25-13-18-12-22(8-9-24-18)19(23)7-6-16-11-20-14-21-16/h1,3-7,10-11,14,18H,8-9,12-13H2,(H,20,21)/b7-6+. The summed E-state index contributed by atoms with van der Waals surface area (Å²) >= 11 is 0. The van der Waals surface area contributed by atoms with Crippen LogP contribution in [-0.4, -0.2) is 53.2 Å². The number of nitrogens with one attached hydrogen (secondary N) is 1. The van der Waals surface area contributed by atoms with E-state index in [4.69, 9.17) is 15.9 Å². The predicted octanol–water partition coefficient (Wildman–Crippen LogP) is 1.71. The third kappa shape index (κ3) is 4.72. The van der Waals surface area contributed by atoms with Crippen molar-refractivity contribution in [2.24, 2.45) is 0 Å². The molecule has 0 saturated carbocycles. The summed E-state index contributed by atoms with van der Waals surface area (Å²) in [6.07, 6.45) is 11.7. The third-order valence-corrected chi connectivity index (χ3v) is 3.81. The first-order chi connectivity index (χ1) is 12.2. The molecular formula is C19H19N3O3. The van der Waals surface area contributed by atoms with E-state index in [-0.39, 0.29) is 12.0 Å². The molecule has 6 nitrogen and oxygen atoms in total. The normalized spacial score (nSPS) is 17.4. The molecule has 0 spiro atoms. The highest BCUT2D eigenvalue weighted by Gasteiger charge is 2.23. The number of benzene rings is 1. The van der Waals surface area contributed by atoms with Gasteiger partial charge >= 0.3 is 0 Å². The van der Waals surface area contributed by atoms with Gasteiger partial charge in [0.25, 0.3) is 0 Å². The minimum atomic E-state index is -0.173. The van der Waals surface area contributed by atoms with E-state index in [9.17, 15) is 4.79 Å². The number of hydrogen-bond donors (Lipinski definition) is 1. The van der Waals surface area contributed by atoms with Crippen LogP contribution in [-0.2, 0) is 9.53 Å². The van der Waals surface area contributed by atoms with E-state index in [0.29, 0.717) is 32.1 Å². The first-order valence-electron chi connectivity index (χ1n) is 8.01. The Kier molecular flexibility index (Phi) is 5.50. The molecule has 1 aromatic carbocycles. The molecule has 25 heavy (non-hydrogen) atoms. The number of carbonyl (C=O) groups is 1. The van der Waals surface area contributed by atoms with Gasteiger partial charge in [-0.1, -0.05) is 12.0 Å². The number of morpholine rings is 1. The number of terminal acetylenes is 1. The summed E-state index contributed by atoms with van der Waals surface area (Å²) in [5, 5.41) is 0. The van der Waals surface area contributed by atoms with E-state index >= 15 is 0 Å². The molecule has 1 saturated heterocycles. The van der Waals surface area contributed by atoms with Crippen molar-refractivity contribution in [2.75, 3.05) is 26.3 Å².